The minimum atomic E-state index is -0.917. The van der Waals surface area contributed by atoms with E-state index in [2.05, 4.69) is 0 Å². The summed E-state index contributed by atoms with van der Waals surface area (Å²) in [6, 6.07) is 4.33. The van der Waals surface area contributed by atoms with Crippen LogP contribution in [0.4, 0.5) is 4.39 Å². The zero-order valence-electron chi connectivity index (χ0n) is 9.70. The number of halogens is 2. The summed E-state index contributed by atoms with van der Waals surface area (Å²) in [7, 11) is 0. The van der Waals surface area contributed by atoms with Crippen LogP contribution in [-0.2, 0) is 4.74 Å². The summed E-state index contributed by atoms with van der Waals surface area (Å²) in [5, 5.41) is 10.5. The Morgan fingerprint density at radius 1 is 1.53 bits per heavy atom. The molecular formula is C13H16ClFO2. The van der Waals surface area contributed by atoms with E-state index in [0.717, 1.165) is 12.8 Å². The Morgan fingerprint density at radius 3 is 2.76 bits per heavy atom. The van der Waals surface area contributed by atoms with E-state index in [0.29, 0.717) is 17.5 Å². The van der Waals surface area contributed by atoms with Gasteiger partial charge in [0, 0.05) is 17.2 Å². The number of rotatable bonds is 5. The van der Waals surface area contributed by atoms with Gasteiger partial charge in [0.1, 0.15) is 11.9 Å². The van der Waals surface area contributed by atoms with Crippen molar-refractivity contribution >= 4 is 11.6 Å². The van der Waals surface area contributed by atoms with Gasteiger partial charge in [-0.2, -0.15) is 0 Å². The van der Waals surface area contributed by atoms with E-state index in [9.17, 15) is 9.50 Å². The normalized spacial score (nSPS) is 19.1. The van der Waals surface area contributed by atoms with Crippen molar-refractivity contribution in [1.29, 1.82) is 0 Å². The fourth-order valence-electron chi connectivity index (χ4n) is 2.02. The van der Waals surface area contributed by atoms with E-state index < -0.39 is 11.9 Å². The predicted molar refractivity (Wildman–Crippen MR) is 64.5 cm³/mol. The van der Waals surface area contributed by atoms with E-state index >= 15 is 0 Å². The molecule has 1 aliphatic carbocycles. The molecule has 1 saturated carbocycles. The summed E-state index contributed by atoms with van der Waals surface area (Å²) in [5.74, 6) is -0.129. The molecule has 2 nitrogen and oxygen atoms in total. The molecule has 1 aliphatic rings. The first-order valence-corrected chi connectivity index (χ1v) is 6.26. The predicted octanol–water partition coefficient (Wildman–Crippen LogP) is 3.33. The van der Waals surface area contributed by atoms with Crippen LogP contribution in [-0.4, -0.2) is 17.8 Å². The highest BCUT2D eigenvalue weighted by Crippen LogP contribution is 2.40. The fraction of sp³-hybridized carbons (Fsp3) is 0.538. The molecule has 0 aliphatic heterocycles. The summed E-state index contributed by atoms with van der Waals surface area (Å²) in [6.45, 7) is 2.40. The summed E-state index contributed by atoms with van der Waals surface area (Å²) >= 11 is 5.68. The van der Waals surface area contributed by atoms with E-state index in [1.54, 1.807) is 6.07 Å². The van der Waals surface area contributed by atoms with Crippen LogP contribution in [0.25, 0.3) is 0 Å². The molecule has 2 unspecified atom stereocenters. The summed E-state index contributed by atoms with van der Waals surface area (Å²) in [6.07, 6.45) is 0.851. The quantitative estimate of drug-likeness (QED) is 0.878. The van der Waals surface area contributed by atoms with E-state index in [4.69, 9.17) is 16.3 Å². The van der Waals surface area contributed by atoms with Gasteiger partial charge in [0.15, 0.2) is 0 Å². The smallest absolute Gasteiger partial charge is 0.130 e. The molecule has 2 atom stereocenters. The molecule has 0 spiro atoms. The Kier molecular flexibility index (Phi) is 4.02. The molecule has 0 heterocycles. The molecule has 0 amide bonds. The van der Waals surface area contributed by atoms with Crippen molar-refractivity contribution in [3.63, 3.8) is 0 Å². The van der Waals surface area contributed by atoms with Crippen LogP contribution in [0, 0.1) is 11.7 Å². The van der Waals surface area contributed by atoms with Gasteiger partial charge in [-0.3, -0.25) is 0 Å². The Balaban J connectivity index is 2.18. The average Bonchev–Trinajstić information content (AvgIpc) is 3.09. The topological polar surface area (TPSA) is 29.5 Å². The number of ether oxygens (including phenoxy) is 1. The van der Waals surface area contributed by atoms with Crippen molar-refractivity contribution in [2.75, 3.05) is 6.61 Å². The first-order chi connectivity index (χ1) is 8.13. The van der Waals surface area contributed by atoms with Gasteiger partial charge in [0.2, 0.25) is 0 Å². The van der Waals surface area contributed by atoms with Crippen molar-refractivity contribution < 1.29 is 14.2 Å². The van der Waals surface area contributed by atoms with Gasteiger partial charge < -0.3 is 9.84 Å². The average molecular weight is 259 g/mol. The third-order valence-electron chi connectivity index (χ3n) is 3.04. The highest BCUT2D eigenvalue weighted by Gasteiger charge is 2.38. The second kappa shape index (κ2) is 5.34. The number of aliphatic hydroxyl groups excluding tert-OH is 1. The molecule has 1 aromatic carbocycles. The van der Waals surface area contributed by atoms with E-state index in [-0.39, 0.29) is 11.7 Å². The molecule has 0 aromatic heterocycles. The minimum absolute atomic E-state index is 0.264. The molecule has 0 saturated heterocycles. The Bertz CT molecular complexity index is 393. The lowest BCUT2D eigenvalue weighted by molar-refractivity contribution is -0.0474. The number of hydrogen-bond donors (Lipinski definition) is 1. The van der Waals surface area contributed by atoms with Crippen molar-refractivity contribution in [3.8, 4) is 0 Å². The SMILES string of the molecule is CCOC(C1CC1)C(O)c1ccc(Cl)cc1F. The molecular weight excluding hydrogens is 243 g/mol. The summed E-state index contributed by atoms with van der Waals surface area (Å²) in [5.41, 5.74) is 0.264. The molecule has 0 radical (unpaired) electrons. The van der Waals surface area contributed by atoms with Crippen LogP contribution in [0.2, 0.25) is 5.02 Å². The third-order valence-corrected chi connectivity index (χ3v) is 3.27. The molecule has 17 heavy (non-hydrogen) atoms. The maximum Gasteiger partial charge on any atom is 0.130 e. The first kappa shape index (κ1) is 12.8. The lowest BCUT2D eigenvalue weighted by Gasteiger charge is -2.23. The van der Waals surface area contributed by atoms with Crippen molar-refractivity contribution in [2.45, 2.75) is 32.0 Å². The van der Waals surface area contributed by atoms with Gasteiger partial charge >= 0.3 is 0 Å². The van der Waals surface area contributed by atoms with Crippen LogP contribution >= 0.6 is 11.6 Å². The second-order valence-electron chi connectivity index (χ2n) is 4.37. The van der Waals surface area contributed by atoms with Gasteiger partial charge in [-0.1, -0.05) is 17.7 Å². The fourth-order valence-corrected chi connectivity index (χ4v) is 2.18. The molecule has 94 valence electrons. The third kappa shape index (κ3) is 2.97. The molecule has 0 bridgehead atoms. The minimum Gasteiger partial charge on any atom is -0.386 e. The zero-order chi connectivity index (χ0) is 12.4. The Morgan fingerprint density at radius 2 is 2.24 bits per heavy atom. The number of hydrogen-bond acceptors (Lipinski definition) is 2. The molecule has 2 rings (SSSR count). The second-order valence-corrected chi connectivity index (χ2v) is 4.80. The Hall–Kier alpha value is -0.640. The highest BCUT2D eigenvalue weighted by atomic mass is 35.5. The van der Waals surface area contributed by atoms with Crippen molar-refractivity contribution in [1.82, 2.24) is 0 Å². The zero-order valence-corrected chi connectivity index (χ0v) is 10.5. The molecule has 1 N–H and O–H groups in total. The van der Waals surface area contributed by atoms with Crippen LogP contribution in [0.15, 0.2) is 18.2 Å². The lowest BCUT2D eigenvalue weighted by atomic mass is 10.0. The van der Waals surface area contributed by atoms with Crippen LogP contribution in [0.3, 0.4) is 0 Å². The first-order valence-electron chi connectivity index (χ1n) is 5.88. The van der Waals surface area contributed by atoms with Crippen molar-refractivity contribution in [2.24, 2.45) is 5.92 Å². The Labute approximate surface area is 105 Å². The lowest BCUT2D eigenvalue weighted by Crippen LogP contribution is -2.25. The van der Waals surface area contributed by atoms with Crippen molar-refractivity contribution in [3.05, 3.63) is 34.6 Å². The van der Waals surface area contributed by atoms with Crippen LogP contribution in [0.1, 0.15) is 31.4 Å². The summed E-state index contributed by atoms with van der Waals surface area (Å²) < 4.78 is 19.2. The highest BCUT2D eigenvalue weighted by molar-refractivity contribution is 6.30. The molecule has 4 heteroatoms. The van der Waals surface area contributed by atoms with E-state index in [1.807, 2.05) is 6.92 Å². The van der Waals surface area contributed by atoms with Crippen LogP contribution in [0.5, 0.6) is 0 Å². The largest absolute Gasteiger partial charge is 0.386 e. The maximum atomic E-state index is 13.7. The molecule has 1 fully saturated rings. The summed E-state index contributed by atoms with van der Waals surface area (Å²) in [4.78, 5) is 0. The van der Waals surface area contributed by atoms with Gasteiger partial charge in [-0.25, -0.2) is 4.39 Å². The standard InChI is InChI=1S/C13H16ClFO2/c1-2-17-13(8-3-4-8)12(16)10-6-5-9(14)7-11(10)15/h5-8,12-13,16H,2-4H2,1H3. The number of benzene rings is 1. The van der Waals surface area contributed by atoms with Crippen LogP contribution < -0.4 is 0 Å². The van der Waals surface area contributed by atoms with Gasteiger partial charge in [0.25, 0.3) is 0 Å². The van der Waals surface area contributed by atoms with Gasteiger partial charge in [-0.05, 0) is 37.8 Å². The molecule has 1 aromatic rings. The van der Waals surface area contributed by atoms with E-state index in [1.165, 1.54) is 12.1 Å². The number of aliphatic hydroxyl groups is 1. The monoisotopic (exact) mass is 258 g/mol. The maximum absolute atomic E-state index is 13.7. The van der Waals surface area contributed by atoms with Gasteiger partial charge in [0.05, 0.1) is 6.10 Å². The van der Waals surface area contributed by atoms with Gasteiger partial charge in [-0.15, -0.1) is 0 Å².